The molecule has 0 radical (unpaired) electrons. The van der Waals surface area contributed by atoms with Gasteiger partial charge in [-0.1, -0.05) is 82.3 Å². The third kappa shape index (κ3) is 5.55. The van der Waals surface area contributed by atoms with E-state index in [1.807, 2.05) is 24.3 Å². The molecule has 5 aliphatic rings. The number of carbonyl (C=O) groups is 1. The fraction of sp³-hybridized carbons (Fsp3) is 0.617. The van der Waals surface area contributed by atoms with E-state index in [1.165, 1.54) is 31.3 Å². The number of carbonyl (C=O) groups excluding carboxylic acids is 1. The topological polar surface area (TPSA) is 112 Å². The largest absolute Gasteiger partial charge is 0.393 e. The number of aromatic nitrogens is 2. The Morgan fingerprint density at radius 3 is 2.44 bits per heavy atom. The number of aliphatic hydroxyl groups is 1. The molecular weight excluding hydrogens is 669 g/mol. The first-order valence-corrected chi connectivity index (χ1v) is 20.7. The van der Waals surface area contributed by atoms with Crippen molar-refractivity contribution in [2.24, 2.45) is 56.7 Å². The highest BCUT2D eigenvalue weighted by Crippen LogP contribution is 2.77. The molecule has 0 saturated heterocycles. The Labute approximate surface area is 322 Å². The van der Waals surface area contributed by atoms with Gasteiger partial charge in [-0.3, -0.25) is 4.79 Å². The monoisotopic (exact) mass is 728 g/mol. The molecule has 0 spiro atoms. The second-order valence-corrected chi connectivity index (χ2v) is 19.6. The number of hydrogen-bond donors (Lipinski definition) is 2. The summed E-state index contributed by atoms with van der Waals surface area (Å²) in [7, 11) is 0. The van der Waals surface area contributed by atoms with Crippen molar-refractivity contribution in [2.45, 2.75) is 125 Å². The van der Waals surface area contributed by atoms with Crippen LogP contribution in [0.15, 0.2) is 65.2 Å². The summed E-state index contributed by atoms with van der Waals surface area (Å²) in [6, 6.07) is 17.6. The molecule has 1 heterocycles. The van der Waals surface area contributed by atoms with Crippen molar-refractivity contribution >= 4 is 5.91 Å². The zero-order chi connectivity index (χ0) is 38.3. The van der Waals surface area contributed by atoms with Crippen LogP contribution in [-0.4, -0.2) is 27.3 Å². The Kier molecular flexibility index (Phi) is 9.07. The summed E-state index contributed by atoms with van der Waals surface area (Å²) in [5.41, 5.74) is 4.92. The van der Waals surface area contributed by atoms with E-state index in [9.17, 15) is 9.90 Å². The van der Waals surface area contributed by atoms with Crippen LogP contribution in [0, 0.1) is 68.0 Å². The molecule has 5 fully saturated rings. The van der Waals surface area contributed by atoms with Crippen molar-refractivity contribution in [1.29, 1.82) is 5.26 Å². The highest BCUT2D eigenvalue weighted by atomic mass is 16.5. The van der Waals surface area contributed by atoms with Crippen molar-refractivity contribution in [3.8, 4) is 17.5 Å². The van der Waals surface area contributed by atoms with Crippen molar-refractivity contribution in [1.82, 2.24) is 15.5 Å². The normalized spacial score (nSPS) is 37.9. The SMILES string of the molecule is C=C(C)[C@@H]1CCC2(C(=O)NCc3cccc(-c4noc(Cc5ccc(C#N)cc5)n4)c3)CC[C@]3(C)C(CCC4C5(C)CCC(O)C(C)(C)C5CCC43C)C12. The predicted molar refractivity (Wildman–Crippen MR) is 211 cm³/mol. The van der Waals surface area contributed by atoms with Gasteiger partial charge < -0.3 is 14.9 Å². The van der Waals surface area contributed by atoms with E-state index in [-0.39, 0.29) is 39.1 Å². The first kappa shape index (κ1) is 37.2. The average Bonchev–Trinajstić information content (AvgIpc) is 3.79. The lowest BCUT2D eigenvalue weighted by molar-refractivity contribution is -0.246. The Hall–Kier alpha value is -3.76. The van der Waals surface area contributed by atoms with Crippen molar-refractivity contribution in [3.63, 3.8) is 0 Å². The maximum atomic E-state index is 14.8. The summed E-state index contributed by atoms with van der Waals surface area (Å²) in [5.74, 6) is 3.62. The fourth-order valence-corrected chi connectivity index (χ4v) is 14.0. The number of allylic oxidation sites excluding steroid dienone is 1. The molecule has 1 aromatic heterocycles. The van der Waals surface area contributed by atoms with Crippen molar-refractivity contribution in [2.75, 3.05) is 0 Å². The van der Waals surface area contributed by atoms with E-state index in [0.717, 1.165) is 55.2 Å². The predicted octanol–water partition coefficient (Wildman–Crippen LogP) is 9.83. The Morgan fingerprint density at radius 2 is 1.70 bits per heavy atom. The highest BCUT2D eigenvalue weighted by molar-refractivity contribution is 5.84. The van der Waals surface area contributed by atoms with E-state index >= 15 is 0 Å². The number of nitrogens with one attached hydrogen (secondary N) is 1. The molecular formula is C47H60N4O3. The number of hydrogen-bond acceptors (Lipinski definition) is 6. The van der Waals surface area contributed by atoms with E-state index in [4.69, 9.17) is 9.78 Å². The van der Waals surface area contributed by atoms with Gasteiger partial charge in [0.1, 0.15) is 0 Å². The zero-order valence-corrected chi connectivity index (χ0v) is 33.4. The van der Waals surface area contributed by atoms with Gasteiger partial charge in [0.25, 0.3) is 0 Å². The molecule has 54 heavy (non-hydrogen) atoms. The summed E-state index contributed by atoms with van der Waals surface area (Å²) in [6.45, 7) is 19.7. The maximum Gasteiger partial charge on any atom is 0.231 e. The van der Waals surface area contributed by atoms with Gasteiger partial charge in [0.2, 0.25) is 17.6 Å². The molecule has 0 aliphatic heterocycles. The van der Waals surface area contributed by atoms with E-state index in [1.54, 1.807) is 12.1 Å². The van der Waals surface area contributed by atoms with Crippen molar-refractivity contribution in [3.05, 3.63) is 83.3 Å². The van der Waals surface area contributed by atoms with Crippen LogP contribution in [0.2, 0.25) is 0 Å². The lowest BCUT2D eigenvalue weighted by Crippen LogP contribution is -2.67. The van der Waals surface area contributed by atoms with E-state index in [2.05, 4.69) is 81.8 Å². The molecule has 7 heteroatoms. The molecule has 3 aromatic rings. The molecule has 8 unspecified atom stereocenters. The number of rotatable bonds is 7. The Balaban J connectivity index is 1.01. The lowest BCUT2D eigenvalue weighted by Gasteiger charge is -2.72. The standard InChI is InChI=1S/C47H60N4O3/c1-29(2)34-17-22-47(42(53)49-28-32-9-8-10-33(25-32)41-50-39(54-51-41)26-30-11-13-31(27-48)14-12-30)24-23-45(6)35(40(34)47)15-16-37-44(5)20-19-38(52)43(3,4)36(44)18-21-46(37,45)7/h8-14,25,34-38,40,52H,1,15-24,26,28H2,2-7H3,(H,49,53)/t34-,35?,36?,37?,38?,40?,44?,45+,46?,47?/m0/s1. The fourth-order valence-electron chi connectivity index (χ4n) is 14.0. The van der Waals surface area contributed by atoms with Gasteiger partial charge in [-0.15, -0.1) is 0 Å². The van der Waals surface area contributed by atoms with Crippen LogP contribution in [0.1, 0.15) is 128 Å². The molecule has 8 rings (SSSR count). The number of aliphatic hydroxyl groups excluding tert-OH is 1. The first-order valence-electron chi connectivity index (χ1n) is 20.7. The quantitative estimate of drug-likeness (QED) is 0.234. The molecule has 5 saturated carbocycles. The van der Waals surface area contributed by atoms with Crippen LogP contribution in [0.5, 0.6) is 0 Å². The van der Waals surface area contributed by atoms with Gasteiger partial charge >= 0.3 is 0 Å². The van der Waals surface area contributed by atoms with Gasteiger partial charge in [-0.05, 0) is 152 Å². The van der Waals surface area contributed by atoms with Crippen LogP contribution in [-0.2, 0) is 17.8 Å². The zero-order valence-electron chi connectivity index (χ0n) is 33.4. The summed E-state index contributed by atoms with van der Waals surface area (Å²) < 4.78 is 5.60. The number of benzene rings is 2. The van der Waals surface area contributed by atoms with Gasteiger partial charge in [0, 0.05) is 12.1 Å². The molecule has 286 valence electrons. The van der Waals surface area contributed by atoms with Gasteiger partial charge in [0.05, 0.1) is 29.6 Å². The van der Waals surface area contributed by atoms with Crippen molar-refractivity contribution < 1.29 is 14.4 Å². The van der Waals surface area contributed by atoms with Crippen LogP contribution < -0.4 is 5.32 Å². The number of nitriles is 1. The second-order valence-electron chi connectivity index (χ2n) is 19.6. The van der Waals surface area contributed by atoms with Crippen LogP contribution in [0.4, 0.5) is 0 Å². The van der Waals surface area contributed by atoms with E-state index < -0.39 is 0 Å². The number of nitrogens with zero attached hydrogens (tertiary/aromatic N) is 3. The van der Waals surface area contributed by atoms with Gasteiger partial charge in [0.15, 0.2) is 0 Å². The molecule has 2 aromatic carbocycles. The first-order chi connectivity index (χ1) is 25.7. The Morgan fingerprint density at radius 1 is 0.926 bits per heavy atom. The smallest absolute Gasteiger partial charge is 0.231 e. The minimum absolute atomic E-state index is 0.0520. The summed E-state index contributed by atoms with van der Waals surface area (Å²) in [6.07, 6.45) is 11.2. The van der Waals surface area contributed by atoms with Crippen LogP contribution in [0.3, 0.4) is 0 Å². The van der Waals surface area contributed by atoms with Gasteiger partial charge in [-0.2, -0.15) is 10.2 Å². The second kappa shape index (κ2) is 13.2. The Bertz CT molecular complexity index is 1980. The molecule has 1 amide bonds. The lowest BCUT2D eigenvalue weighted by atomic mass is 9.32. The summed E-state index contributed by atoms with van der Waals surface area (Å²) in [4.78, 5) is 19.4. The number of fused-ring (bicyclic) bond motifs is 7. The third-order valence-electron chi connectivity index (χ3n) is 17.0. The molecule has 2 N–H and O–H groups in total. The summed E-state index contributed by atoms with van der Waals surface area (Å²) >= 11 is 0. The molecule has 10 atom stereocenters. The molecule has 7 nitrogen and oxygen atoms in total. The van der Waals surface area contributed by atoms with Gasteiger partial charge in [-0.25, -0.2) is 0 Å². The average molecular weight is 729 g/mol. The third-order valence-corrected chi connectivity index (χ3v) is 17.0. The molecule has 5 aliphatic carbocycles. The minimum Gasteiger partial charge on any atom is -0.393 e. The summed E-state index contributed by atoms with van der Waals surface area (Å²) in [5, 5.41) is 28.0. The van der Waals surface area contributed by atoms with Crippen LogP contribution in [0.25, 0.3) is 11.4 Å². The molecule has 0 bridgehead atoms. The minimum atomic E-state index is -0.374. The number of amides is 1. The van der Waals surface area contributed by atoms with E-state index in [0.29, 0.717) is 59.8 Å². The van der Waals surface area contributed by atoms with Crippen LogP contribution >= 0.6 is 0 Å². The highest BCUT2D eigenvalue weighted by Gasteiger charge is 2.71. The maximum absolute atomic E-state index is 14.8.